The van der Waals surface area contributed by atoms with Crippen LogP contribution in [0.5, 0.6) is 0 Å². The highest BCUT2D eigenvalue weighted by atomic mass is 16.4. The van der Waals surface area contributed by atoms with Crippen molar-refractivity contribution in [2.45, 2.75) is 6.54 Å². The van der Waals surface area contributed by atoms with E-state index in [0.29, 0.717) is 18.3 Å². The van der Waals surface area contributed by atoms with E-state index < -0.39 is 0 Å². The highest BCUT2D eigenvalue weighted by Gasteiger charge is 2.11. The van der Waals surface area contributed by atoms with E-state index in [1.165, 1.54) is 6.33 Å². The maximum Gasteiger partial charge on any atom is 0.247 e. The van der Waals surface area contributed by atoms with Gasteiger partial charge in [0.1, 0.15) is 12.1 Å². The lowest BCUT2D eigenvalue weighted by Gasteiger charge is -2.14. The molecule has 100 valence electrons. The molecule has 0 radical (unpaired) electrons. The number of aromatic nitrogens is 4. The van der Waals surface area contributed by atoms with Crippen LogP contribution >= 0.6 is 0 Å². The maximum atomic E-state index is 5.65. The summed E-state index contributed by atoms with van der Waals surface area (Å²) in [6, 6.07) is 11.5. The average molecular weight is 267 g/mol. The molecule has 2 heterocycles. The molecule has 1 aromatic carbocycles. The van der Waals surface area contributed by atoms with Gasteiger partial charge in [-0.3, -0.25) is 0 Å². The van der Waals surface area contributed by atoms with E-state index in [4.69, 9.17) is 4.42 Å². The standard InChI is InChI=1S/C14H13N5O/c1-19(12-7-8-15-10-16-12)9-13-17-18-14(20-13)11-5-3-2-4-6-11/h2-8,10H,9H2,1H3. The molecule has 6 heteroatoms. The minimum atomic E-state index is 0.497. The lowest BCUT2D eigenvalue weighted by molar-refractivity contribution is 0.503. The second-order valence-corrected chi connectivity index (χ2v) is 4.29. The summed E-state index contributed by atoms with van der Waals surface area (Å²) in [5.74, 6) is 1.88. The molecule has 3 rings (SSSR count). The van der Waals surface area contributed by atoms with Crippen LogP contribution in [0, 0.1) is 0 Å². The van der Waals surface area contributed by atoms with Gasteiger partial charge in [-0.25, -0.2) is 9.97 Å². The molecule has 0 unspecified atom stereocenters. The molecule has 0 amide bonds. The summed E-state index contributed by atoms with van der Waals surface area (Å²) >= 11 is 0. The van der Waals surface area contributed by atoms with Gasteiger partial charge in [0.25, 0.3) is 0 Å². The minimum Gasteiger partial charge on any atom is -0.419 e. The molecule has 0 spiro atoms. The summed E-state index contributed by atoms with van der Waals surface area (Å²) in [6.45, 7) is 0.497. The topological polar surface area (TPSA) is 67.9 Å². The van der Waals surface area contributed by atoms with Crippen LogP contribution in [0.1, 0.15) is 5.89 Å². The minimum absolute atomic E-state index is 0.497. The fraction of sp³-hybridized carbons (Fsp3) is 0.143. The van der Waals surface area contributed by atoms with Gasteiger partial charge in [-0.05, 0) is 18.2 Å². The highest BCUT2D eigenvalue weighted by molar-refractivity contribution is 5.51. The van der Waals surface area contributed by atoms with E-state index in [-0.39, 0.29) is 0 Å². The second-order valence-electron chi connectivity index (χ2n) is 4.29. The van der Waals surface area contributed by atoms with Crippen molar-refractivity contribution in [3.05, 3.63) is 54.8 Å². The number of anilines is 1. The van der Waals surface area contributed by atoms with E-state index >= 15 is 0 Å². The van der Waals surface area contributed by atoms with Gasteiger partial charge >= 0.3 is 0 Å². The summed E-state index contributed by atoms with van der Waals surface area (Å²) < 4.78 is 5.65. The van der Waals surface area contributed by atoms with E-state index in [9.17, 15) is 0 Å². The molecule has 0 bridgehead atoms. The lowest BCUT2D eigenvalue weighted by atomic mass is 10.2. The summed E-state index contributed by atoms with van der Waals surface area (Å²) in [7, 11) is 1.91. The van der Waals surface area contributed by atoms with Gasteiger partial charge in [0, 0.05) is 18.8 Å². The van der Waals surface area contributed by atoms with Crippen molar-refractivity contribution in [1.82, 2.24) is 20.2 Å². The van der Waals surface area contributed by atoms with Crippen molar-refractivity contribution < 1.29 is 4.42 Å². The van der Waals surface area contributed by atoms with Crippen molar-refractivity contribution >= 4 is 5.82 Å². The SMILES string of the molecule is CN(Cc1nnc(-c2ccccc2)o1)c1ccncn1. The fourth-order valence-corrected chi connectivity index (χ4v) is 1.81. The van der Waals surface area contributed by atoms with Crippen LogP contribution in [-0.2, 0) is 6.54 Å². The Kier molecular flexibility index (Phi) is 3.36. The van der Waals surface area contributed by atoms with Gasteiger partial charge in [0.2, 0.25) is 11.8 Å². The largest absolute Gasteiger partial charge is 0.419 e. The molecular weight excluding hydrogens is 254 g/mol. The zero-order valence-electron chi connectivity index (χ0n) is 11.0. The zero-order chi connectivity index (χ0) is 13.8. The molecule has 0 N–H and O–H groups in total. The second kappa shape index (κ2) is 5.48. The number of nitrogens with zero attached hydrogens (tertiary/aromatic N) is 5. The van der Waals surface area contributed by atoms with Gasteiger partial charge in [0.05, 0.1) is 6.54 Å². The molecule has 0 aliphatic carbocycles. The van der Waals surface area contributed by atoms with Crippen LogP contribution in [0.15, 0.2) is 53.3 Å². The predicted molar refractivity (Wildman–Crippen MR) is 73.9 cm³/mol. The molecular formula is C14H13N5O. The first-order chi connectivity index (χ1) is 9.83. The van der Waals surface area contributed by atoms with Crippen molar-refractivity contribution in [2.75, 3.05) is 11.9 Å². The van der Waals surface area contributed by atoms with Crippen LogP contribution < -0.4 is 4.90 Å². The summed E-state index contributed by atoms with van der Waals surface area (Å²) in [4.78, 5) is 9.97. The van der Waals surface area contributed by atoms with Crippen LogP contribution in [0.3, 0.4) is 0 Å². The molecule has 3 aromatic rings. The summed E-state index contributed by atoms with van der Waals surface area (Å²) in [5, 5.41) is 8.11. The Morgan fingerprint density at radius 2 is 1.95 bits per heavy atom. The molecule has 6 nitrogen and oxygen atoms in total. The molecule has 20 heavy (non-hydrogen) atoms. The highest BCUT2D eigenvalue weighted by Crippen LogP contribution is 2.18. The third-order valence-electron chi connectivity index (χ3n) is 2.82. The van der Waals surface area contributed by atoms with E-state index in [2.05, 4.69) is 20.2 Å². The summed E-state index contributed by atoms with van der Waals surface area (Å²) in [5.41, 5.74) is 0.913. The third kappa shape index (κ3) is 2.64. The maximum absolute atomic E-state index is 5.65. The third-order valence-corrected chi connectivity index (χ3v) is 2.82. The zero-order valence-corrected chi connectivity index (χ0v) is 11.0. The molecule has 0 aliphatic heterocycles. The van der Waals surface area contributed by atoms with Gasteiger partial charge in [-0.15, -0.1) is 10.2 Å². The fourth-order valence-electron chi connectivity index (χ4n) is 1.81. The Labute approximate surface area is 116 Å². The van der Waals surface area contributed by atoms with Crippen LogP contribution in [0.25, 0.3) is 11.5 Å². The van der Waals surface area contributed by atoms with Crippen molar-refractivity contribution in [1.29, 1.82) is 0 Å². The lowest BCUT2D eigenvalue weighted by Crippen LogP contribution is -2.17. The normalized spacial score (nSPS) is 10.4. The molecule has 0 saturated carbocycles. The van der Waals surface area contributed by atoms with Gasteiger partial charge in [-0.1, -0.05) is 18.2 Å². The first-order valence-electron chi connectivity index (χ1n) is 6.18. The molecule has 0 fully saturated rings. The van der Waals surface area contributed by atoms with Crippen LogP contribution in [0.2, 0.25) is 0 Å². The van der Waals surface area contributed by atoms with Crippen molar-refractivity contribution in [2.24, 2.45) is 0 Å². The van der Waals surface area contributed by atoms with E-state index in [1.807, 2.05) is 48.3 Å². The van der Waals surface area contributed by atoms with Gasteiger partial charge in [0.15, 0.2) is 0 Å². The van der Waals surface area contributed by atoms with Crippen LogP contribution in [-0.4, -0.2) is 27.2 Å². The molecule has 0 atom stereocenters. The number of benzene rings is 1. The number of hydrogen-bond acceptors (Lipinski definition) is 6. The number of rotatable bonds is 4. The average Bonchev–Trinajstić information content (AvgIpc) is 2.97. The van der Waals surface area contributed by atoms with Gasteiger partial charge < -0.3 is 9.32 Å². The Bertz CT molecular complexity index is 668. The van der Waals surface area contributed by atoms with Gasteiger partial charge in [-0.2, -0.15) is 0 Å². The summed E-state index contributed by atoms with van der Waals surface area (Å²) in [6.07, 6.45) is 3.21. The molecule has 0 aliphatic rings. The van der Waals surface area contributed by atoms with E-state index in [1.54, 1.807) is 6.20 Å². The Morgan fingerprint density at radius 1 is 1.10 bits per heavy atom. The Balaban J connectivity index is 1.75. The number of hydrogen-bond donors (Lipinski definition) is 0. The molecule has 0 saturated heterocycles. The van der Waals surface area contributed by atoms with E-state index in [0.717, 1.165) is 11.4 Å². The monoisotopic (exact) mass is 267 g/mol. The Morgan fingerprint density at radius 3 is 2.70 bits per heavy atom. The van der Waals surface area contributed by atoms with Crippen molar-refractivity contribution in [3.8, 4) is 11.5 Å². The molecule has 2 aromatic heterocycles. The smallest absolute Gasteiger partial charge is 0.247 e. The first kappa shape index (κ1) is 12.3. The quantitative estimate of drug-likeness (QED) is 0.721. The Hall–Kier alpha value is -2.76. The predicted octanol–water partition coefficient (Wildman–Crippen LogP) is 2.16. The first-order valence-corrected chi connectivity index (χ1v) is 6.18. The van der Waals surface area contributed by atoms with Crippen LogP contribution in [0.4, 0.5) is 5.82 Å². The van der Waals surface area contributed by atoms with Crippen molar-refractivity contribution in [3.63, 3.8) is 0 Å².